The van der Waals surface area contributed by atoms with Crippen molar-refractivity contribution in [3.05, 3.63) is 21.4 Å². The Labute approximate surface area is 132 Å². The van der Waals surface area contributed by atoms with Crippen molar-refractivity contribution in [3.63, 3.8) is 0 Å². The van der Waals surface area contributed by atoms with E-state index in [-0.39, 0.29) is 6.61 Å². The van der Waals surface area contributed by atoms with Crippen LogP contribution in [-0.2, 0) is 27.1 Å². The first kappa shape index (κ1) is 16.5. The molecule has 0 saturated heterocycles. The van der Waals surface area contributed by atoms with Gasteiger partial charge in [0.25, 0.3) is 5.91 Å². The minimum Gasteiger partial charge on any atom is -0.451 e. The van der Waals surface area contributed by atoms with Crippen molar-refractivity contribution in [2.24, 2.45) is 5.92 Å². The van der Waals surface area contributed by atoms with E-state index in [2.05, 4.69) is 11.7 Å². The summed E-state index contributed by atoms with van der Waals surface area (Å²) in [7, 11) is 0. The predicted molar refractivity (Wildman–Crippen MR) is 81.0 cm³/mol. The molecule has 0 radical (unpaired) electrons. The third-order valence-electron chi connectivity index (χ3n) is 3.38. The molecule has 0 saturated carbocycles. The first-order valence-electron chi connectivity index (χ1n) is 7.25. The van der Waals surface area contributed by atoms with Crippen LogP contribution in [0.15, 0.2) is 6.07 Å². The van der Waals surface area contributed by atoms with Gasteiger partial charge in [-0.15, -0.1) is 11.3 Å². The van der Waals surface area contributed by atoms with Crippen LogP contribution in [0, 0.1) is 5.92 Å². The van der Waals surface area contributed by atoms with Crippen LogP contribution < -0.4 is 5.32 Å². The summed E-state index contributed by atoms with van der Waals surface area (Å²) in [6, 6.07) is 1.85. The molecule has 0 fully saturated rings. The largest absolute Gasteiger partial charge is 0.451 e. The molecule has 2 rings (SSSR count). The molecule has 1 heterocycles. The summed E-state index contributed by atoms with van der Waals surface area (Å²) >= 11 is 1.42. The van der Waals surface area contributed by atoms with Gasteiger partial charge in [0, 0.05) is 4.88 Å². The van der Waals surface area contributed by atoms with E-state index in [1.54, 1.807) is 6.92 Å². The highest BCUT2D eigenvalue weighted by molar-refractivity contribution is 7.14. The summed E-state index contributed by atoms with van der Waals surface area (Å²) in [4.78, 5) is 36.1. The molecule has 1 aromatic rings. The van der Waals surface area contributed by atoms with Gasteiger partial charge in [-0.05, 0) is 43.7 Å². The summed E-state index contributed by atoms with van der Waals surface area (Å²) < 4.78 is 9.48. The average Bonchev–Trinajstić information content (AvgIpc) is 2.88. The number of alkyl carbamates (subject to hydrolysis) is 1. The summed E-state index contributed by atoms with van der Waals surface area (Å²) in [5, 5.41) is 1.97. The van der Waals surface area contributed by atoms with Gasteiger partial charge >= 0.3 is 12.1 Å². The quantitative estimate of drug-likeness (QED) is 0.859. The molecule has 0 spiro atoms. The highest BCUT2D eigenvalue weighted by atomic mass is 32.1. The lowest BCUT2D eigenvalue weighted by atomic mass is 9.90. The third-order valence-corrected chi connectivity index (χ3v) is 4.60. The molecule has 1 aliphatic carbocycles. The number of nitrogens with one attached hydrogen (secondary N) is 1. The standard InChI is InChI=1S/C15H19NO5S/c1-3-20-15(19)16-13(17)8-21-14(18)12-7-10-6-9(2)4-5-11(10)22-12/h7,9H,3-6,8H2,1-2H3,(H,16,17,19). The number of ether oxygens (including phenoxy) is 2. The van der Waals surface area contributed by atoms with Crippen molar-refractivity contribution in [3.8, 4) is 0 Å². The van der Waals surface area contributed by atoms with E-state index in [9.17, 15) is 14.4 Å². The maximum absolute atomic E-state index is 12.0. The van der Waals surface area contributed by atoms with Crippen molar-refractivity contribution < 1.29 is 23.9 Å². The Bertz CT molecular complexity index is 580. The van der Waals surface area contributed by atoms with Crippen molar-refractivity contribution in [2.75, 3.05) is 13.2 Å². The highest BCUT2D eigenvalue weighted by Gasteiger charge is 2.22. The number of thiophene rings is 1. The first-order valence-corrected chi connectivity index (χ1v) is 8.06. The van der Waals surface area contributed by atoms with Crippen molar-refractivity contribution in [1.82, 2.24) is 5.32 Å². The van der Waals surface area contributed by atoms with E-state index < -0.39 is 24.6 Å². The number of aryl methyl sites for hydroxylation is 1. The minimum atomic E-state index is -0.843. The Morgan fingerprint density at radius 3 is 2.86 bits per heavy atom. The Morgan fingerprint density at radius 1 is 1.36 bits per heavy atom. The lowest BCUT2D eigenvalue weighted by molar-refractivity contribution is -0.123. The number of hydrogen-bond acceptors (Lipinski definition) is 6. The van der Waals surface area contributed by atoms with Crippen LogP contribution in [0.4, 0.5) is 4.79 Å². The smallest absolute Gasteiger partial charge is 0.413 e. The molecule has 22 heavy (non-hydrogen) atoms. The lowest BCUT2D eigenvalue weighted by Gasteiger charge is -2.16. The van der Waals surface area contributed by atoms with E-state index in [4.69, 9.17) is 4.74 Å². The maximum atomic E-state index is 12.0. The van der Waals surface area contributed by atoms with E-state index in [0.717, 1.165) is 19.3 Å². The molecule has 1 aliphatic rings. The zero-order valence-corrected chi connectivity index (χ0v) is 13.5. The molecular weight excluding hydrogens is 306 g/mol. The van der Waals surface area contributed by atoms with Gasteiger partial charge in [0.2, 0.25) is 0 Å². The van der Waals surface area contributed by atoms with Crippen molar-refractivity contribution in [1.29, 1.82) is 0 Å². The van der Waals surface area contributed by atoms with E-state index in [1.165, 1.54) is 21.8 Å². The number of hydrogen-bond donors (Lipinski definition) is 1. The monoisotopic (exact) mass is 325 g/mol. The van der Waals surface area contributed by atoms with Crippen LogP contribution in [0.1, 0.15) is 40.4 Å². The number of carbonyl (C=O) groups excluding carboxylic acids is 3. The van der Waals surface area contributed by atoms with Gasteiger partial charge in [0.05, 0.1) is 6.61 Å². The highest BCUT2D eigenvalue weighted by Crippen LogP contribution is 2.32. The number of imide groups is 1. The topological polar surface area (TPSA) is 81.7 Å². The third kappa shape index (κ3) is 4.30. The maximum Gasteiger partial charge on any atom is 0.413 e. The molecule has 0 aromatic carbocycles. The van der Waals surface area contributed by atoms with Gasteiger partial charge in [-0.1, -0.05) is 6.92 Å². The molecule has 6 nitrogen and oxygen atoms in total. The lowest BCUT2D eigenvalue weighted by Crippen LogP contribution is -2.34. The predicted octanol–water partition coefficient (Wildman–Crippen LogP) is 2.30. The minimum absolute atomic E-state index is 0.165. The van der Waals surface area contributed by atoms with Gasteiger partial charge in [-0.3, -0.25) is 10.1 Å². The van der Waals surface area contributed by atoms with Crippen LogP contribution in [0.5, 0.6) is 0 Å². The van der Waals surface area contributed by atoms with Gasteiger partial charge in [0.1, 0.15) is 4.88 Å². The van der Waals surface area contributed by atoms with Crippen molar-refractivity contribution >= 4 is 29.3 Å². The second-order valence-corrected chi connectivity index (χ2v) is 6.39. The van der Waals surface area contributed by atoms with Gasteiger partial charge in [0.15, 0.2) is 6.61 Å². The number of carbonyl (C=O) groups is 3. The molecule has 120 valence electrons. The normalized spacial score (nSPS) is 16.5. The van der Waals surface area contributed by atoms with Gasteiger partial charge in [-0.2, -0.15) is 0 Å². The fourth-order valence-corrected chi connectivity index (χ4v) is 3.43. The molecule has 1 aromatic heterocycles. The van der Waals surface area contributed by atoms with E-state index in [1.807, 2.05) is 11.4 Å². The summed E-state index contributed by atoms with van der Waals surface area (Å²) in [6.45, 7) is 3.48. The fraction of sp³-hybridized carbons (Fsp3) is 0.533. The number of amides is 2. The second-order valence-electron chi connectivity index (χ2n) is 5.25. The van der Waals surface area contributed by atoms with Gasteiger partial charge < -0.3 is 9.47 Å². The van der Waals surface area contributed by atoms with Crippen LogP contribution in [-0.4, -0.2) is 31.2 Å². The second kappa shape index (κ2) is 7.40. The Kier molecular flexibility index (Phi) is 5.54. The van der Waals surface area contributed by atoms with Crippen LogP contribution in [0.2, 0.25) is 0 Å². The van der Waals surface area contributed by atoms with Crippen LogP contribution in [0.25, 0.3) is 0 Å². The Hall–Kier alpha value is -1.89. The summed E-state index contributed by atoms with van der Waals surface area (Å²) in [5.41, 5.74) is 1.20. The molecule has 2 amide bonds. The van der Waals surface area contributed by atoms with Crippen LogP contribution >= 0.6 is 11.3 Å². The van der Waals surface area contributed by atoms with Crippen molar-refractivity contribution in [2.45, 2.75) is 33.1 Å². The van der Waals surface area contributed by atoms with E-state index >= 15 is 0 Å². The molecule has 1 atom stereocenters. The summed E-state index contributed by atoms with van der Waals surface area (Å²) in [5.74, 6) is -0.617. The van der Waals surface area contributed by atoms with E-state index in [0.29, 0.717) is 10.8 Å². The Morgan fingerprint density at radius 2 is 2.14 bits per heavy atom. The zero-order chi connectivity index (χ0) is 16.1. The number of esters is 1. The number of fused-ring (bicyclic) bond motifs is 1. The molecule has 1 N–H and O–H groups in total. The Balaban J connectivity index is 1.85. The summed E-state index contributed by atoms with van der Waals surface area (Å²) in [6.07, 6.45) is 2.24. The average molecular weight is 325 g/mol. The number of rotatable bonds is 4. The first-order chi connectivity index (χ1) is 10.5. The fourth-order valence-electron chi connectivity index (χ4n) is 2.33. The van der Waals surface area contributed by atoms with Gasteiger partial charge in [-0.25, -0.2) is 9.59 Å². The SMILES string of the molecule is CCOC(=O)NC(=O)COC(=O)c1cc2c(s1)CCC(C)C2. The molecule has 0 aliphatic heterocycles. The molecule has 1 unspecified atom stereocenters. The molecule has 0 bridgehead atoms. The molecular formula is C15H19NO5S. The zero-order valence-electron chi connectivity index (χ0n) is 12.6. The van der Waals surface area contributed by atoms with Crippen LogP contribution in [0.3, 0.4) is 0 Å². The molecule has 7 heteroatoms.